The van der Waals surface area contributed by atoms with Crippen LogP contribution in [0.3, 0.4) is 0 Å². The Morgan fingerprint density at radius 2 is 2.25 bits per heavy atom. The first-order valence-electron chi connectivity index (χ1n) is 6.43. The number of nitrogens with zero attached hydrogens (tertiary/aromatic N) is 3. The second kappa shape index (κ2) is 6.65. The summed E-state index contributed by atoms with van der Waals surface area (Å²) in [6.07, 6.45) is 1.63. The Balaban J connectivity index is 2.16. The molecule has 0 unspecified atom stereocenters. The van der Waals surface area contributed by atoms with Crippen molar-refractivity contribution in [3.05, 3.63) is 35.7 Å². The largest absolute Gasteiger partial charge is 0.496 e. The van der Waals surface area contributed by atoms with E-state index in [0.29, 0.717) is 17.1 Å². The molecule has 2 aromatic rings. The summed E-state index contributed by atoms with van der Waals surface area (Å²) in [5.41, 5.74) is 0.486. The molecule has 1 aromatic carbocycles. The number of benzene rings is 1. The van der Waals surface area contributed by atoms with E-state index in [9.17, 15) is 4.79 Å². The van der Waals surface area contributed by atoms with Crippen LogP contribution in [-0.2, 0) is 0 Å². The maximum absolute atomic E-state index is 12.3. The summed E-state index contributed by atoms with van der Waals surface area (Å²) in [5.74, 6) is 0.800. The summed E-state index contributed by atoms with van der Waals surface area (Å²) in [6.45, 7) is 2.03. The Labute approximate surface area is 116 Å². The minimum absolute atomic E-state index is 0.217. The van der Waals surface area contributed by atoms with Crippen LogP contribution < -0.4 is 10.1 Å². The van der Waals surface area contributed by atoms with Gasteiger partial charge >= 0.3 is 0 Å². The van der Waals surface area contributed by atoms with Crippen molar-refractivity contribution >= 4 is 5.91 Å². The molecule has 2 rings (SSSR count). The van der Waals surface area contributed by atoms with Crippen molar-refractivity contribution < 1.29 is 9.53 Å². The van der Waals surface area contributed by atoms with Crippen LogP contribution in [0.1, 0.15) is 42.0 Å². The number of methoxy groups -OCH3 is 1. The fourth-order valence-electron chi connectivity index (χ4n) is 1.94. The number of H-pyrrole nitrogens is 1. The number of hydrogen-bond donors (Lipinski definition) is 2. The summed E-state index contributed by atoms with van der Waals surface area (Å²) in [6, 6.07) is 6.81. The van der Waals surface area contributed by atoms with E-state index < -0.39 is 0 Å². The second-order valence-electron chi connectivity index (χ2n) is 4.29. The molecule has 0 aliphatic heterocycles. The summed E-state index contributed by atoms with van der Waals surface area (Å²) in [4.78, 5) is 12.3. The third kappa shape index (κ3) is 3.11. The van der Waals surface area contributed by atoms with Crippen LogP contribution >= 0.6 is 0 Å². The SMILES string of the molecule is CCC[C@@H](NC(=O)c1ccccc1OC)c1nn[nH]n1. The van der Waals surface area contributed by atoms with Gasteiger partial charge in [-0.25, -0.2) is 0 Å². The Morgan fingerprint density at radius 1 is 1.45 bits per heavy atom. The molecule has 106 valence electrons. The first kappa shape index (κ1) is 14.0. The van der Waals surface area contributed by atoms with Crippen LogP contribution in [0.5, 0.6) is 5.75 Å². The van der Waals surface area contributed by atoms with E-state index in [4.69, 9.17) is 4.74 Å². The highest BCUT2D eigenvalue weighted by molar-refractivity contribution is 5.97. The lowest BCUT2D eigenvalue weighted by atomic mass is 10.1. The molecule has 0 bridgehead atoms. The van der Waals surface area contributed by atoms with Gasteiger partial charge in [0.15, 0.2) is 5.82 Å². The molecular formula is C13H17N5O2. The summed E-state index contributed by atoms with van der Waals surface area (Å²) < 4.78 is 5.19. The number of aromatic amines is 1. The van der Waals surface area contributed by atoms with Gasteiger partial charge in [-0.2, -0.15) is 5.21 Å². The third-order valence-electron chi connectivity index (χ3n) is 2.91. The highest BCUT2D eigenvalue weighted by Gasteiger charge is 2.20. The van der Waals surface area contributed by atoms with Crippen LogP contribution in [0, 0.1) is 0 Å². The number of carbonyl (C=O) groups is 1. The zero-order valence-corrected chi connectivity index (χ0v) is 11.5. The Bertz CT molecular complexity index is 556. The predicted molar refractivity (Wildman–Crippen MR) is 72.3 cm³/mol. The molecule has 7 nitrogen and oxygen atoms in total. The van der Waals surface area contributed by atoms with E-state index >= 15 is 0 Å². The quantitative estimate of drug-likeness (QED) is 0.833. The van der Waals surface area contributed by atoms with E-state index in [1.54, 1.807) is 18.2 Å². The van der Waals surface area contributed by atoms with Crippen molar-refractivity contribution in [2.75, 3.05) is 7.11 Å². The molecule has 1 amide bonds. The Kier molecular flexibility index (Phi) is 4.65. The van der Waals surface area contributed by atoms with Crippen molar-refractivity contribution in [2.45, 2.75) is 25.8 Å². The fourth-order valence-corrected chi connectivity index (χ4v) is 1.94. The number of rotatable bonds is 6. The van der Waals surface area contributed by atoms with E-state index in [-0.39, 0.29) is 11.9 Å². The third-order valence-corrected chi connectivity index (χ3v) is 2.91. The number of para-hydroxylation sites is 1. The molecule has 0 fully saturated rings. The molecule has 0 aliphatic carbocycles. The molecule has 0 saturated heterocycles. The normalized spacial score (nSPS) is 11.9. The van der Waals surface area contributed by atoms with Gasteiger partial charge in [-0.05, 0) is 18.6 Å². The second-order valence-corrected chi connectivity index (χ2v) is 4.29. The molecule has 1 aromatic heterocycles. The maximum Gasteiger partial charge on any atom is 0.255 e. The lowest BCUT2D eigenvalue weighted by molar-refractivity contribution is 0.0929. The topological polar surface area (TPSA) is 92.8 Å². The minimum atomic E-state index is -0.267. The summed E-state index contributed by atoms with van der Waals surface area (Å²) in [5, 5.41) is 16.7. The van der Waals surface area contributed by atoms with Crippen LogP contribution in [0.4, 0.5) is 0 Å². The van der Waals surface area contributed by atoms with Gasteiger partial charge in [0.05, 0.1) is 18.7 Å². The number of amides is 1. The molecule has 7 heteroatoms. The van der Waals surface area contributed by atoms with E-state index in [2.05, 4.69) is 25.9 Å². The maximum atomic E-state index is 12.3. The number of carbonyl (C=O) groups excluding carboxylic acids is 1. The number of nitrogens with one attached hydrogen (secondary N) is 2. The van der Waals surface area contributed by atoms with Crippen molar-refractivity contribution in [3.63, 3.8) is 0 Å². The Morgan fingerprint density at radius 3 is 2.90 bits per heavy atom. The molecule has 0 radical (unpaired) electrons. The van der Waals surface area contributed by atoms with Gasteiger partial charge in [-0.15, -0.1) is 10.2 Å². The van der Waals surface area contributed by atoms with Gasteiger partial charge in [0.1, 0.15) is 5.75 Å². The van der Waals surface area contributed by atoms with E-state index in [1.165, 1.54) is 7.11 Å². The van der Waals surface area contributed by atoms with Gasteiger partial charge in [0.25, 0.3) is 5.91 Å². The van der Waals surface area contributed by atoms with Crippen molar-refractivity contribution in [1.29, 1.82) is 0 Å². The van der Waals surface area contributed by atoms with Gasteiger partial charge in [-0.3, -0.25) is 4.79 Å². The van der Waals surface area contributed by atoms with Gasteiger partial charge in [0.2, 0.25) is 0 Å². The van der Waals surface area contributed by atoms with Crippen LogP contribution in [-0.4, -0.2) is 33.6 Å². The van der Waals surface area contributed by atoms with Crippen LogP contribution in [0.2, 0.25) is 0 Å². The number of aromatic nitrogens is 4. The minimum Gasteiger partial charge on any atom is -0.496 e. The van der Waals surface area contributed by atoms with Crippen molar-refractivity contribution in [3.8, 4) is 5.75 Å². The average molecular weight is 275 g/mol. The molecule has 1 atom stereocenters. The van der Waals surface area contributed by atoms with E-state index in [1.807, 2.05) is 13.0 Å². The highest BCUT2D eigenvalue weighted by atomic mass is 16.5. The van der Waals surface area contributed by atoms with Gasteiger partial charge < -0.3 is 10.1 Å². The molecule has 2 N–H and O–H groups in total. The molecule has 0 spiro atoms. The first-order valence-corrected chi connectivity index (χ1v) is 6.43. The van der Waals surface area contributed by atoms with Gasteiger partial charge in [-0.1, -0.05) is 30.7 Å². The highest BCUT2D eigenvalue weighted by Crippen LogP contribution is 2.19. The standard InChI is InChI=1S/C13H17N5O2/c1-3-6-10(12-15-17-18-16-12)14-13(19)9-7-4-5-8-11(9)20-2/h4-5,7-8,10H,3,6H2,1-2H3,(H,14,19)(H,15,16,17,18)/t10-/m1/s1. The molecular weight excluding hydrogens is 258 g/mol. The first-order chi connectivity index (χ1) is 9.76. The fraction of sp³-hybridized carbons (Fsp3) is 0.385. The Hall–Kier alpha value is -2.44. The number of tetrazole rings is 1. The number of hydrogen-bond acceptors (Lipinski definition) is 5. The summed E-state index contributed by atoms with van der Waals surface area (Å²) in [7, 11) is 1.54. The zero-order valence-electron chi connectivity index (χ0n) is 11.5. The summed E-state index contributed by atoms with van der Waals surface area (Å²) >= 11 is 0. The van der Waals surface area contributed by atoms with Crippen molar-refractivity contribution in [1.82, 2.24) is 25.9 Å². The molecule has 0 saturated carbocycles. The average Bonchev–Trinajstić information content (AvgIpc) is 3.00. The lowest BCUT2D eigenvalue weighted by Gasteiger charge is -2.15. The van der Waals surface area contributed by atoms with Crippen molar-refractivity contribution in [2.24, 2.45) is 0 Å². The van der Waals surface area contributed by atoms with Crippen LogP contribution in [0.25, 0.3) is 0 Å². The smallest absolute Gasteiger partial charge is 0.255 e. The van der Waals surface area contributed by atoms with E-state index in [0.717, 1.165) is 12.8 Å². The molecule has 1 heterocycles. The van der Waals surface area contributed by atoms with Gasteiger partial charge in [0, 0.05) is 0 Å². The zero-order chi connectivity index (χ0) is 14.4. The predicted octanol–water partition coefficient (Wildman–Crippen LogP) is 1.48. The monoisotopic (exact) mass is 275 g/mol. The molecule has 20 heavy (non-hydrogen) atoms. The number of ether oxygens (including phenoxy) is 1. The van der Waals surface area contributed by atoms with Crippen LogP contribution in [0.15, 0.2) is 24.3 Å². The lowest BCUT2D eigenvalue weighted by Crippen LogP contribution is -2.29. The molecule has 0 aliphatic rings.